The number of hydrogen-bond acceptors (Lipinski definition) is 6. The molecule has 1 amide bonds. The first-order chi connectivity index (χ1) is 12.6. The minimum Gasteiger partial charge on any atom is -0.493 e. The molecule has 0 aliphatic carbocycles. The highest BCUT2D eigenvalue weighted by atomic mass is 32.1. The molecule has 1 aromatic heterocycles. The van der Waals surface area contributed by atoms with E-state index in [1.807, 2.05) is 5.38 Å². The van der Waals surface area contributed by atoms with E-state index in [1.54, 1.807) is 30.8 Å². The van der Waals surface area contributed by atoms with Crippen molar-refractivity contribution in [1.29, 1.82) is 0 Å². The fourth-order valence-corrected chi connectivity index (χ4v) is 3.53. The van der Waals surface area contributed by atoms with E-state index in [0.29, 0.717) is 30.2 Å². The van der Waals surface area contributed by atoms with E-state index < -0.39 is 0 Å². The molecule has 140 valence electrons. The van der Waals surface area contributed by atoms with Crippen LogP contribution in [0.25, 0.3) is 0 Å². The van der Waals surface area contributed by atoms with Gasteiger partial charge in [0.05, 0.1) is 18.3 Å². The number of amides is 1. The average molecular weight is 375 g/mol. The van der Waals surface area contributed by atoms with Crippen molar-refractivity contribution in [2.24, 2.45) is 5.41 Å². The first kappa shape index (κ1) is 18.7. The van der Waals surface area contributed by atoms with Crippen LogP contribution in [0.4, 0.5) is 0 Å². The van der Waals surface area contributed by atoms with Gasteiger partial charge in [-0.1, -0.05) is 6.92 Å². The predicted molar refractivity (Wildman–Crippen MR) is 102 cm³/mol. The Morgan fingerprint density at radius 3 is 2.85 bits per heavy atom. The first-order valence-corrected chi connectivity index (χ1v) is 9.71. The van der Waals surface area contributed by atoms with Gasteiger partial charge in [-0.2, -0.15) is 0 Å². The molecule has 7 heteroatoms. The molecule has 2 heterocycles. The largest absolute Gasteiger partial charge is 0.493 e. The molecule has 2 N–H and O–H groups in total. The van der Waals surface area contributed by atoms with Gasteiger partial charge in [0.1, 0.15) is 6.61 Å². The van der Waals surface area contributed by atoms with E-state index >= 15 is 0 Å². The summed E-state index contributed by atoms with van der Waals surface area (Å²) in [5.74, 6) is 1.05. The first-order valence-electron chi connectivity index (χ1n) is 8.76. The summed E-state index contributed by atoms with van der Waals surface area (Å²) < 4.78 is 11.1. The molecule has 0 unspecified atom stereocenters. The number of hydrogen-bond donors (Lipinski definition) is 2. The Kier molecular flexibility index (Phi) is 6.11. The number of nitrogens with one attached hydrogen (secondary N) is 2. The zero-order valence-corrected chi connectivity index (χ0v) is 16.0. The van der Waals surface area contributed by atoms with Gasteiger partial charge in [-0.15, -0.1) is 11.3 Å². The summed E-state index contributed by atoms with van der Waals surface area (Å²) in [6.07, 6.45) is 2.14. The highest BCUT2D eigenvalue weighted by molar-refractivity contribution is 7.07. The Labute approximate surface area is 157 Å². The second kappa shape index (κ2) is 8.51. The third-order valence-electron chi connectivity index (χ3n) is 4.77. The maximum absolute atomic E-state index is 12.5. The van der Waals surface area contributed by atoms with Gasteiger partial charge in [0, 0.05) is 17.5 Å². The number of rotatable bonds is 7. The molecule has 2 aromatic rings. The Morgan fingerprint density at radius 1 is 1.35 bits per heavy atom. The van der Waals surface area contributed by atoms with Gasteiger partial charge in [-0.05, 0) is 49.5 Å². The number of thiazole rings is 1. The minimum atomic E-state index is -0.0888. The summed E-state index contributed by atoms with van der Waals surface area (Å²) >= 11 is 1.53. The summed E-state index contributed by atoms with van der Waals surface area (Å²) in [6.45, 7) is 5.29. The lowest BCUT2D eigenvalue weighted by Gasteiger charge is -2.34. The van der Waals surface area contributed by atoms with Crippen molar-refractivity contribution in [2.75, 3.05) is 26.7 Å². The van der Waals surface area contributed by atoms with E-state index in [-0.39, 0.29) is 11.3 Å². The van der Waals surface area contributed by atoms with Crippen LogP contribution in [0.2, 0.25) is 0 Å². The van der Waals surface area contributed by atoms with Crippen molar-refractivity contribution in [2.45, 2.75) is 26.4 Å². The normalized spacial score (nSPS) is 16.1. The average Bonchev–Trinajstić information content (AvgIpc) is 3.18. The molecular weight excluding hydrogens is 350 g/mol. The van der Waals surface area contributed by atoms with Crippen molar-refractivity contribution < 1.29 is 14.3 Å². The van der Waals surface area contributed by atoms with Crippen LogP contribution in [0.5, 0.6) is 11.5 Å². The van der Waals surface area contributed by atoms with E-state index in [1.165, 1.54) is 11.3 Å². The molecule has 1 aromatic carbocycles. The molecule has 0 bridgehead atoms. The predicted octanol–water partition coefficient (Wildman–Crippen LogP) is 2.85. The number of carbonyl (C=O) groups excluding carboxylic acids is 1. The van der Waals surface area contributed by atoms with Crippen LogP contribution >= 0.6 is 11.3 Å². The summed E-state index contributed by atoms with van der Waals surface area (Å²) in [5, 5.41) is 8.36. The Morgan fingerprint density at radius 2 is 2.15 bits per heavy atom. The number of methoxy groups -OCH3 is 1. The smallest absolute Gasteiger partial charge is 0.251 e. The fourth-order valence-electron chi connectivity index (χ4n) is 2.99. The molecule has 1 fully saturated rings. The zero-order valence-electron chi connectivity index (χ0n) is 15.2. The van der Waals surface area contributed by atoms with Gasteiger partial charge in [0.25, 0.3) is 5.91 Å². The second-order valence-corrected chi connectivity index (χ2v) is 7.60. The molecule has 6 nitrogen and oxygen atoms in total. The summed E-state index contributed by atoms with van der Waals surface area (Å²) in [6, 6.07) is 5.25. The Bertz CT molecular complexity index is 728. The van der Waals surface area contributed by atoms with Crippen molar-refractivity contribution in [1.82, 2.24) is 15.6 Å². The maximum atomic E-state index is 12.5. The fraction of sp³-hybridized carbons (Fsp3) is 0.474. The lowest BCUT2D eigenvalue weighted by molar-refractivity contribution is 0.0922. The van der Waals surface area contributed by atoms with Gasteiger partial charge < -0.3 is 20.1 Å². The van der Waals surface area contributed by atoms with Crippen molar-refractivity contribution in [3.8, 4) is 11.5 Å². The second-order valence-electron chi connectivity index (χ2n) is 6.88. The molecule has 1 aliphatic heterocycles. The van der Waals surface area contributed by atoms with Crippen LogP contribution in [0.15, 0.2) is 29.1 Å². The van der Waals surface area contributed by atoms with Gasteiger partial charge in [0.2, 0.25) is 0 Å². The highest BCUT2D eigenvalue weighted by Gasteiger charge is 2.27. The monoisotopic (exact) mass is 375 g/mol. The maximum Gasteiger partial charge on any atom is 0.251 e. The minimum absolute atomic E-state index is 0.0888. The number of nitrogens with zero attached hydrogens (tertiary/aromatic N) is 1. The quantitative estimate of drug-likeness (QED) is 0.779. The van der Waals surface area contributed by atoms with Crippen molar-refractivity contribution in [3.05, 3.63) is 40.3 Å². The molecule has 0 saturated carbocycles. The van der Waals surface area contributed by atoms with Crippen LogP contribution in [-0.2, 0) is 6.61 Å². The number of aromatic nitrogens is 1. The molecule has 0 radical (unpaired) electrons. The molecule has 26 heavy (non-hydrogen) atoms. The SMILES string of the molecule is COc1cc(C(=O)NCC2(C)CCNCC2)ccc1OCc1cscn1. The van der Waals surface area contributed by atoms with E-state index in [9.17, 15) is 4.79 Å². The molecule has 0 atom stereocenters. The van der Waals surface area contributed by atoms with Gasteiger partial charge in [-0.3, -0.25) is 4.79 Å². The van der Waals surface area contributed by atoms with E-state index in [0.717, 1.165) is 31.6 Å². The van der Waals surface area contributed by atoms with Crippen LogP contribution in [0, 0.1) is 5.41 Å². The lowest BCUT2D eigenvalue weighted by atomic mass is 9.81. The molecular formula is C19H25N3O3S. The van der Waals surface area contributed by atoms with Crippen LogP contribution in [-0.4, -0.2) is 37.6 Å². The number of carbonyl (C=O) groups is 1. The van der Waals surface area contributed by atoms with Crippen LogP contribution in [0.3, 0.4) is 0 Å². The van der Waals surface area contributed by atoms with Crippen molar-refractivity contribution >= 4 is 17.2 Å². The number of ether oxygens (including phenoxy) is 2. The van der Waals surface area contributed by atoms with Gasteiger partial charge in [0.15, 0.2) is 11.5 Å². The van der Waals surface area contributed by atoms with Crippen LogP contribution < -0.4 is 20.1 Å². The van der Waals surface area contributed by atoms with Gasteiger partial charge in [-0.25, -0.2) is 4.98 Å². The number of piperidine rings is 1. The molecule has 1 aliphatic rings. The molecule has 1 saturated heterocycles. The summed E-state index contributed by atoms with van der Waals surface area (Å²) in [4.78, 5) is 16.7. The topological polar surface area (TPSA) is 72.5 Å². The number of benzene rings is 1. The summed E-state index contributed by atoms with van der Waals surface area (Å²) in [5.41, 5.74) is 3.36. The highest BCUT2D eigenvalue weighted by Crippen LogP contribution is 2.30. The summed E-state index contributed by atoms with van der Waals surface area (Å²) in [7, 11) is 1.57. The lowest BCUT2D eigenvalue weighted by Crippen LogP contribution is -2.42. The zero-order chi connectivity index (χ0) is 18.4. The standard InChI is InChI=1S/C19H25N3O3S/c1-19(5-7-20-8-6-19)12-21-18(23)14-3-4-16(17(9-14)24-2)25-10-15-11-26-13-22-15/h3-4,9,11,13,20H,5-8,10,12H2,1-2H3,(H,21,23). The third kappa shape index (κ3) is 4.74. The van der Waals surface area contributed by atoms with E-state index in [2.05, 4.69) is 22.5 Å². The van der Waals surface area contributed by atoms with E-state index in [4.69, 9.17) is 9.47 Å². The van der Waals surface area contributed by atoms with Crippen LogP contribution in [0.1, 0.15) is 35.8 Å². The molecule has 0 spiro atoms. The third-order valence-corrected chi connectivity index (χ3v) is 5.41. The Balaban J connectivity index is 1.61. The van der Waals surface area contributed by atoms with Crippen molar-refractivity contribution in [3.63, 3.8) is 0 Å². The Hall–Kier alpha value is -2.12. The molecule has 3 rings (SSSR count). The van der Waals surface area contributed by atoms with Gasteiger partial charge >= 0.3 is 0 Å².